The Morgan fingerprint density at radius 3 is 2.74 bits per heavy atom. The van der Waals surface area contributed by atoms with Gasteiger partial charge in [-0.05, 0) is 44.7 Å². The Balaban J connectivity index is 1.74. The summed E-state index contributed by atoms with van der Waals surface area (Å²) in [5, 5.41) is 4.27. The fourth-order valence-corrected chi connectivity index (χ4v) is 3.31. The summed E-state index contributed by atoms with van der Waals surface area (Å²) in [7, 11) is 0. The van der Waals surface area contributed by atoms with Gasteiger partial charge in [-0.3, -0.25) is 9.38 Å². The van der Waals surface area contributed by atoms with Gasteiger partial charge in [-0.2, -0.15) is 0 Å². The van der Waals surface area contributed by atoms with Gasteiger partial charge in [-0.15, -0.1) is 11.3 Å². The van der Waals surface area contributed by atoms with Gasteiger partial charge in [0, 0.05) is 30.3 Å². The minimum atomic E-state index is -0.111. The first-order valence-corrected chi connectivity index (χ1v) is 9.31. The van der Waals surface area contributed by atoms with Crippen molar-refractivity contribution >= 4 is 22.8 Å². The number of nitrogens with zero attached hydrogens (tertiary/aromatic N) is 5. The molecule has 4 heterocycles. The zero-order valence-corrected chi connectivity index (χ0v) is 16.1. The Kier molecular flexibility index (Phi) is 4.34. The number of nitrogens with one attached hydrogen (secondary N) is 1. The molecule has 0 radical (unpaired) electrons. The molecule has 0 bridgehead atoms. The molecule has 0 saturated carbocycles. The molecule has 0 fully saturated rings. The Bertz CT molecular complexity index is 1140. The second kappa shape index (κ2) is 6.82. The van der Waals surface area contributed by atoms with E-state index in [1.165, 1.54) is 11.3 Å². The second-order valence-electron chi connectivity index (χ2n) is 6.98. The van der Waals surface area contributed by atoms with Gasteiger partial charge >= 0.3 is 0 Å². The quantitative estimate of drug-likeness (QED) is 0.540. The molecule has 0 spiro atoms. The second-order valence-corrected chi connectivity index (χ2v) is 8.01. The molecule has 4 aromatic heterocycles. The fourth-order valence-electron chi connectivity index (χ4n) is 2.55. The van der Waals surface area contributed by atoms with Crippen LogP contribution in [0.2, 0.25) is 0 Å². The lowest BCUT2D eigenvalue weighted by atomic mass is 10.1. The lowest BCUT2D eigenvalue weighted by molar-refractivity contribution is 0.629. The van der Waals surface area contributed by atoms with E-state index < -0.39 is 0 Å². The van der Waals surface area contributed by atoms with Gasteiger partial charge in [0.2, 0.25) is 0 Å². The fraction of sp³-hybridized carbons (Fsp3) is 0.200. The van der Waals surface area contributed by atoms with Gasteiger partial charge < -0.3 is 5.32 Å². The van der Waals surface area contributed by atoms with Crippen molar-refractivity contribution in [2.75, 3.05) is 5.32 Å². The van der Waals surface area contributed by atoms with Gasteiger partial charge in [0.15, 0.2) is 10.7 Å². The van der Waals surface area contributed by atoms with E-state index in [1.54, 1.807) is 18.6 Å². The van der Waals surface area contributed by atoms with E-state index in [2.05, 4.69) is 52.9 Å². The molecule has 0 saturated heterocycles. The molecule has 0 atom stereocenters. The van der Waals surface area contributed by atoms with Crippen LogP contribution < -0.4 is 5.32 Å². The Morgan fingerprint density at radius 2 is 1.96 bits per heavy atom. The average Bonchev–Trinajstić information content (AvgIpc) is 3.25. The Morgan fingerprint density at radius 1 is 1.07 bits per heavy atom. The lowest BCUT2D eigenvalue weighted by Gasteiger charge is -2.22. The standard InChI is InChI=1S/C20H18N6S/c1-20(2,3)25-19-18(24-16-13-21-10-11-26(16)19)15-12-23-17(27-15)8-7-14-6-4-5-9-22-14/h4-6,9-13,25H,1-3H3. The number of hydrogen-bond acceptors (Lipinski definition) is 6. The van der Waals surface area contributed by atoms with Crippen LogP contribution in [0.15, 0.2) is 49.2 Å². The summed E-state index contributed by atoms with van der Waals surface area (Å²) in [4.78, 5) is 18.5. The lowest BCUT2D eigenvalue weighted by Crippen LogP contribution is -2.27. The molecule has 0 aliphatic rings. The predicted molar refractivity (Wildman–Crippen MR) is 108 cm³/mol. The van der Waals surface area contributed by atoms with Crippen molar-refractivity contribution in [3.05, 3.63) is 59.9 Å². The van der Waals surface area contributed by atoms with E-state index in [0.717, 1.165) is 32.7 Å². The van der Waals surface area contributed by atoms with Crippen molar-refractivity contribution in [2.24, 2.45) is 0 Å². The molecule has 4 aromatic rings. The van der Waals surface area contributed by atoms with E-state index >= 15 is 0 Å². The molecule has 0 aliphatic heterocycles. The van der Waals surface area contributed by atoms with Crippen molar-refractivity contribution in [3.8, 4) is 22.4 Å². The molecule has 6 nitrogen and oxygen atoms in total. The van der Waals surface area contributed by atoms with Crippen LogP contribution in [0.25, 0.3) is 16.2 Å². The number of aromatic nitrogens is 5. The summed E-state index contributed by atoms with van der Waals surface area (Å²) in [6.45, 7) is 6.36. The summed E-state index contributed by atoms with van der Waals surface area (Å²) in [5.41, 5.74) is 2.25. The van der Waals surface area contributed by atoms with Crippen LogP contribution in [0.5, 0.6) is 0 Å². The number of rotatable bonds is 2. The number of thiazole rings is 1. The van der Waals surface area contributed by atoms with Crippen LogP contribution >= 0.6 is 11.3 Å². The maximum atomic E-state index is 4.75. The summed E-state index contributed by atoms with van der Waals surface area (Å²) in [6, 6.07) is 5.66. The van der Waals surface area contributed by atoms with Gasteiger partial charge in [0.25, 0.3) is 0 Å². The van der Waals surface area contributed by atoms with Crippen molar-refractivity contribution in [1.29, 1.82) is 0 Å². The highest BCUT2D eigenvalue weighted by atomic mass is 32.1. The summed E-state index contributed by atoms with van der Waals surface area (Å²) in [6.07, 6.45) is 8.95. The zero-order valence-electron chi connectivity index (χ0n) is 15.3. The third-order valence-electron chi connectivity index (χ3n) is 3.63. The highest BCUT2D eigenvalue weighted by Crippen LogP contribution is 2.33. The third kappa shape index (κ3) is 3.81. The molecule has 1 N–H and O–H groups in total. The molecule has 0 unspecified atom stereocenters. The molecular weight excluding hydrogens is 356 g/mol. The number of imidazole rings is 1. The molecular formula is C20H18N6S. The van der Waals surface area contributed by atoms with Crippen molar-refractivity contribution in [3.63, 3.8) is 0 Å². The maximum Gasteiger partial charge on any atom is 0.167 e. The highest BCUT2D eigenvalue weighted by Gasteiger charge is 2.20. The highest BCUT2D eigenvalue weighted by molar-refractivity contribution is 7.15. The first kappa shape index (κ1) is 17.2. The Hall–Kier alpha value is -3.24. The number of anilines is 1. The monoisotopic (exact) mass is 374 g/mol. The van der Waals surface area contributed by atoms with Crippen LogP contribution in [-0.2, 0) is 0 Å². The molecule has 0 aromatic carbocycles. The topological polar surface area (TPSA) is 68.0 Å². The molecule has 0 aliphatic carbocycles. The van der Waals surface area contributed by atoms with Crippen LogP contribution in [-0.4, -0.2) is 29.9 Å². The molecule has 27 heavy (non-hydrogen) atoms. The van der Waals surface area contributed by atoms with Crippen LogP contribution in [0.3, 0.4) is 0 Å². The van der Waals surface area contributed by atoms with Crippen molar-refractivity contribution in [1.82, 2.24) is 24.3 Å². The van der Waals surface area contributed by atoms with Crippen molar-refractivity contribution in [2.45, 2.75) is 26.3 Å². The minimum Gasteiger partial charge on any atom is -0.365 e. The van der Waals surface area contributed by atoms with Gasteiger partial charge in [-0.25, -0.2) is 15.0 Å². The maximum absolute atomic E-state index is 4.75. The van der Waals surface area contributed by atoms with E-state index in [4.69, 9.17) is 4.98 Å². The minimum absolute atomic E-state index is 0.111. The SMILES string of the molecule is CC(C)(C)Nc1c(-c2cnc(C#Cc3ccccn3)s2)nc2cnccn12. The number of hydrogen-bond donors (Lipinski definition) is 1. The third-order valence-corrected chi connectivity index (χ3v) is 4.54. The first-order chi connectivity index (χ1) is 13.0. The zero-order chi connectivity index (χ0) is 18.9. The molecule has 134 valence electrons. The van der Waals surface area contributed by atoms with Gasteiger partial charge in [0.1, 0.15) is 17.2 Å². The van der Waals surface area contributed by atoms with Crippen LogP contribution in [0.1, 0.15) is 31.5 Å². The smallest absolute Gasteiger partial charge is 0.167 e. The number of fused-ring (bicyclic) bond motifs is 1. The van der Waals surface area contributed by atoms with E-state index in [0.29, 0.717) is 0 Å². The van der Waals surface area contributed by atoms with Gasteiger partial charge in [-0.1, -0.05) is 6.07 Å². The normalized spacial score (nSPS) is 11.2. The van der Waals surface area contributed by atoms with E-state index in [9.17, 15) is 0 Å². The summed E-state index contributed by atoms with van der Waals surface area (Å²) in [5.74, 6) is 7.04. The van der Waals surface area contributed by atoms with Gasteiger partial charge in [0.05, 0.1) is 11.1 Å². The van der Waals surface area contributed by atoms with E-state index in [-0.39, 0.29) is 5.54 Å². The number of pyridine rings is 1. The van der Waals surface area contributed by atoms with E-state index in [1.807, 2.05) is 35.0 Å². The average molecular weight is 374 g/mol. The summed E-state index contributed by atoms with van der Waals surface area (Å²) < 4.78 is 2.01. The first-order valence-electron chi connectivity index (χ1n) is 8.49. The largest absolute Gasteiger partial charge is 0.365 e. The molecule has 4 rings (SSSR count). The predicted octanol–water partition coefficient (Wildman–Crippen LogP) is 3.86. The van der Waals surface area contributed by atoms with Crippen molar-refractivity contribution < 1.29 is 0 Å². The molecule has 7 heteroatoms. The Labute approximate surface area is 161 Å². The van der Waals surface area contributed by atoms with Crippen LogP contribution in [0, 0.1) is 11.8 Å². The van der Waals surface area contributed by atoms with Crippen LogP contribution in [0.4, 0.5) is 5.82 Å². The molecule has 0 amide bonds. The summed E-state index contributed by atoms with van der Waals surface area (Å²) >= 11 is 1.51.